The molecular formula is C18H28O. The fourth-order valence-electron chi connectivity index (χ4n) is 2.36. The summed E-state index contributed by atoms with van der Waals surface area (Å²) in [7, 11) is 0. The summed E-state index contributed by atoms with van der Waals surface area (Å²) < 4.78 is 0. The lowest BCUT2D eigenvalue weighted by Gasteiger charge is -2.10. The highest BCUT2D eigenvalue weighted by Crippen LogP contribution is 2.12. The Labute approximate surface area is 118 Å². The van der Waals surface area contributed by atoms with Gasteiger partial charge in [-0.2, -0.15) is 0 Å². The molecule has 0 aliphatic heterocycles. The normalized spacial score (nSPS) is 12.3. The topological polar surface area (TPSA) is 20.2 Å². The lowest BCUT2D eigenvalue weighted by Crippen LogP contribution is -2.10. The molecular weight excluding hydrogens is 232 g/mol. The highest BCUT2D eigenvalue weighted by atomic mass is 16.3. The average molecular weight is 260 g/mol. The van der Waals surface area contributed by atoms with Gasteiger partial charge in [0.05, 0.1) is 6.10 Å². The SMILES string of the molecule is C=CCCCCCCCCC(O)Cc1ccccc1. The standard InChI is InChI=1S/C18H28O/c1-2-3-4-5-6-7-8-12-15-18(19)16-17-13-10-9-11-14-17/h2,9-11,13-14,18-19H,1,3-8,12,15-16H2. The van der Waals surface area contributed by atoms with E-state index in [1.54, 1.807) is 0 Å². The highest BCUT2D eigenvalue weighted by molar-refractivity contribution is 5.15. The van der Waals surface area contributed by atoms with Gasteiger partial charge in [0.15, 0.2) is 0 Å². The summed E-state index contributed by atoms with van der Waals surface area (Å²) in [5, 5.41) is 9.96. The Morgan fingerprint density at radius 1 is 0.947 bits per heavy atom. The van der Waals surface area contributed by atoms with Crippen molar-refractivity contribution in [2.45, 2.75) is 63.9 Å². The predicted molar refractivity (Wildman–Crippen MR) is 83.3 cm³/mol. The largest absolute Gasteiger partial charge is 0.393 e. The van der Waals surface area contributed by atoms with Gasteiger partial charge in [-0.15, -0.1) is 6.58 Å². The number of hydrogen-bond acceptors (Lipinski definition) is 1. The molecule has 1 aromatic carbocycles. The molecule has 1 aromatic rings. The zero-order valence-corrected chi connectivity index (χ0v) is 12.1. The molecule has 1 nitrogen and oxygen atoms in total. The van der Waals surface area contributed by atoms with Crippen molar-refractivity contribution in [3.63, 3.8) is 0 Å². The minimum absolute atomic E-state index is 0.178. The zero-order valence-electron chi connectivity index (χ0n) is 12.1. The minimum Gasteiger partial charge on any atom is -0.393 e. The molecule has 0 heterocycles. The Morgan fingerprint density at radius 2 is 1.58 bits per heavy atom. The summed E-state index contributed by atoms with van der Waals surface area (Å²) in [5.41, 5.74) is 1.24. The minimum atomic E-state index is -0.178. The third-order valence-corrected chi connectivity index (χ3v) is 3.51. The van der Waals surface area contributed by atoms with E-state index in [1.807, 2.05) is 24.3 Å². The lowest BCUT2D eigenvalue weighted by molar-refractivity contribution is 0.161. The molecule has 1 rings (SSSR count). The van der Waals surface area contributed by atoms with Gasteiger partial charge in [-0.25, -0.2) is 0 Å². The van der Waals surface area contributed by atoms with E-state index in [-0.39, 0.29) is 6.10 Å². The maximum Gasteiger partial charge on any atom is 0.0580 e. The Bertz CT molecular complexity index is 318. The molecule has 0 aliphatic rings. The van der Waals surface area contributed by atoms with Crippen LogP contribution in [0.15, 0.2) is 43.0 Å². The van der Waals surface area contributed by atoms with Gasteiger partial charge in [-0.1, -0.05) is 68.5 Å². The molecule has 0 aliphatic carbocycles. The molecule has 106 valence electrons. The van der Waals surface area contributed by atoms with E-state index in [0.29, 0.717) is 0 Å². The number of rotatable bonds is 11. The van der Waals surface area contributed by atoms with Crippen molar-refractivity contribution in [1.82, 2.24) is 0 Å². The van der Waals surface area contributed by atoms with Crippen LogP contribution in [0.5, 0.6) is 0 Å². The van der Waals surface area contributed by atoms with Crippen LogP contribution in [-0.4, -0.2) is 11.2 Å². The first kappa shape index (κ1) is 16.0. The number of allylic oxidation sites excluding steroid dienone is 1. The Morgan fingerprint density at radius 3 is 2.26 bits per heavy atom. The Kier molecular flexibility index (Phi) is 9.09. The number of hydrogen-bond donors (Lipinski definition) is 1. The molecule has 19 heavy (non-hydrogen) atoms. The molecule has 0 amide bonds. The quantitative estimate of drug-likeness (QED) is 0.443. The maximum atomic E-state index is 9.96. The monoisotopic (exact) mass is 260 g/mol. The van der Waals surface area contributed by atoms with Gasteiger partial charge in [0.1, 0.15) is 0 Å². The fraction of sp³-hybridized carbons (Fsp3) is 0.556. The lowest BCUT2D eigenvalue weighted by atomic mass is 10.0. The molecule has 1 N–H and O–H groups in total. The number of aliphatic hydroxyl groups is 1. The number of benzene rings is 1. The van der Waals surface area contributed by atoms with Gasteiger partial charge < -0.3 is 5.11 Å². The van der Waals surface area contributed by atoms with Crippen molar-refractivity contribution in [3.8, 4) is 0 Å². The van der Waals surface area contributed by atoms with E-state index in [0.717, 1.165) is 25.7 Å². The molecule has 0 aromatic heterocycles. The van der Waals surface area contributed by atoms with Crippen molar-refractivity contribution < 1.29 is 5.11 Å². The van der Waals surface area contributed by atoms with Crippen LogP contribution >= 0.6 is 0 Å². The zero-order chi connectivity index (χ0) is 13.8. The van der Waals surface area contributed by atoms with Gasteiger partial charge >= 0.3 is 0 Å². The first-order valence-corrected chi connectivity index (χ1v) is 7.66. The van der Waals surface area contributed by atoms with Crippen LogP contribution < -0.4 is 0 Å². The van der Waals surface area contributed by atoms with E-state index in [2.05, 4.69) is 18.7 Å². The second-order valence-electron chi connectivity index (χ2n) is 5.33. The summed E-state index contributed by atoms with van der Waals surface area (Å²) in [6.07, 6.45) is 12.3. The number of aliphatic hydroxyl groups excluding tert-OH is 1. The van der Waals surface area contributed by atoms with E-state index in [4.69, 9.17) is 0 Å². The van der Waals surface area contributed by atoms with E-state index in [1.165, 1.54) is 37.7 Å². The van der Waals surface area contributed by atoms with Crippen LogP contribution in [0.3, 0.4) is 0 Å². The second-order valence-corrected chi connectivity index (χ2v) is 5.33. The van der Waals surface area contributed by atoms with Crippen molar-refractivity contribution >= 4 is 0 Å². The number of unbranched alkanes of at least 4 members (excludes halogenated alkanes) is 6. The molecule has 1 heteroatoms. The molecule has 0 spiro atoms. The first-order chi connectivity index (χ1) is 9.33. The van der Waals surface area contributed by atoms with Crippen LogP contribution in [0, 0.1) is 0 Å². The van der Waals surface area contributed by atoms with Crippen molar-refractivity contribution in [1.29, 1.82) is 0 Å². The first-order valence-electron chi connectivity index (χ1n) is 7.66. The summed E-state index contributed by atoms with van der Waals surface area (Å²) >= 11 is 0. The Hall–Kier alpha value is -1.08. The second kappa shape index (κ2) is 10.8. The van der Waals surface area contributed by atoms with Crippen LogP contribution in [0.25, 0.3) is 0 Å². The molecule has 0 fully saturated rings. The van der Waals surface area contributed by atoms with Gasteiger partial charge in [0.2, 0.25) is 0 Å². The summed E-state index contributed by atoms with van der Waals surface area (Å²) in [6.45, 7) is 3.73. The molecule has 1 atom stereocenters. The smallest absolute Gasteiger partial charge is 0.0580 e. The third kappa shape index (κ3) is 8.61. The summed E-state index contributed by atoms with van der Waals surface area (Å²) in [4.78, 5) is 0. The van der Waals surface area contributed by atoms with E-state index >= 15 is 0 Å². The summed E-state index contributed by atoms with van der Waals surface area (Å²) in [5.74, 6) is 0. The van der Waals surface area contributed by atoms with Crippen molar-refractivity contribution in [3.05, 3.63) is 48.6 Å². The summed E-state index contributed by atoms with van der Waals surface area (Å²) in [6, 6.07) is 10.3. The molecule has 0 bridgehead atoms. The van der Waals surface area contributed by atoms with E-state index in [9.17, 15) is 5.11 Å². The van der Waals surface area contributed by atoms with Gasteiger partial charge in [0, 0.05) is 0 Å². The van der Waals surface area contributed by atoms with Crippen LogP contribution in [0.4, 0.5) is 0 Å². The molecule has 0 saturated carbocycles. The van der Waals surface area contributed by atoms with Crippen LogP contribution in [0.1, 0.15) is 56.9 Å². The Balaban J connectivity index is 1.96. The van der Waals surface area contributed by atoms with Crippen molar-refractivity contribution in [2.75, 3.05) is 0 Å². The highest BCUT2D eigenvalue weighted by Gasteiger charge is 2.04. The van der Waals surface area contributed by atoms with Crippen LogP contribution in [0.2, 0.25) is 0 Å². The molecule has 1 unspecified atom stereocenters. The molecule has 0 radical (unpaired) electrons. The van der Waals surface area contributed by atoms with Crippen molar-refractivity contribution in [2.24, 2.45) is 0 Å². The molecule has 0 saturated heterocycles. The van der Waals surface area contributed by atoms with Crippen LogP contribution in [-0.2, 0) is 6.42 Å². The van der Waals surface area contributed by atoms with E-state index < -0.39 is 0 Å². The maximum absolute atomic E-state index is 9.96. The fourth-order valence-corrected chi connectivity index (χ4v) is 2.36. The van der Waals surface area contributed by atoms with Gasteiger partial charge in [-0.3, -0.25) is 0 Å². The third-order valence-electron chi connectivity index (χ3n) is 3.51. The average Bonchev–Trinajstić information content (AvgIpc) is 2.43. The van der Waals surface area contributed by atoms with Gasteiger partial charge in [-0.05, 0) is 31.2 Å². The van der Waals surface area contributed by atoms with Gasteiger partial charge in [0.25, 0.3) is 0 Å². The predicted octanol–water partition coefficient (Wildman–Crippen LogP) is 4.90.